The van der Waals surface area contributed by atoms with Crippen molar-refractivity contribution in [1.29, 1.82) is 5.26 Å². The second-order valence-corrected chi connectivity index (χ2v) is 3.68. The van der Waals surface area contributed by atoms with Crippen LogP contribution in [0.5, 0.6) is 0 Å². The predicted molar refractivity (Wildman–Crippen MR) is 41.2 cm³/mol. The van der Waals surface area contributed by atoms with Crippen LogP contribution in [0, 0.1) is 22.7 Å². The first-order valence-electron chi connectivity index (χ1n) is 4.32. The van der Waals surface area contributed by atoms with Crippen LogP contribution in [0.1, 0.15) is 19.3 Å². The summed E-state index contributed by atoms with van der Waals surface area (Å²) in [4.78, 5) is 11.7. The van der Waals surface area contributed by atoms with Gasteiger partial charge in [0.2, 0.25) is 0 Å². The number of nitriles is 1. The number of Topliss-reactive ketones (excluding diaryl/α,β-unsaturated/α-hetero) is 1. The van der Waals surface area contributed by atoms with Gasteiger partial charge in [-0.3, -0.25) is 4.79 Å². The SMILES string of the molecule is N#CC1(C(=O)C2CCC2)COC1. The molecule has 0 N–H and O–H groups in total. The van der Waals surface area contributed by atoms with Crippen LogP contribution < -0.4 is 0 Å². The van der Waals surface area contributed by atoms with Gasteiger partial charge in [-0.2, -0.15) is 5.26 Å². The maximum absolute atomic E-state index is 11.7. The van der Waals surface area contributed by atoms with Crippen LogP contribution >= 0.6 is 0 Å². The first-order chi connectivity index (χ1) is 5.78. The number of carbonyl (C=O) groups excluding carboxylic acids is 1. The molecule has 0 atom stereocenters. The fraction of sp³-hybridized carbons (Fsp3) is 0.778. The number of carbonyl (C=O) groups is 1. The number of nitrogens with zero attached hydrogens (tertiary/aromatic N) is 1. The zero-order valence-corrected chi connectivity index (χ0v) is 6.88. The van der Waals surface area contributed by atoms with Crippen LogP contribution in [0.3, 0.4) is 0 Å². The van der Waals surface area contributed by atoms with Gasteiger partial charge in [0.15, 0.2) is 11.2 Å². The van der Waals surface area contributed by atoms with Gasteiger partial charge in [0.1, 0.15) is 0 Å². The Morgan fingerprint density at radius 2 is 2.17 bits per heavy atom. The lowest BCUT2D eigenvalue weighted by molar-refractivity contribution is -0.154. The van der Waals surface area contributed by atoms with Gasteiger partial charge < -0.3 is 4.74 Å². The standard InChI is InChI=1S/C9H11NO2/c10-4-9(5-12-6-9)8(11)7-2-1-3-7/h7H,1-3,5-6H2. The Bertz CT molecular complexity index is 246. The predicted octanol–water partition coefficient (Wildman–Crippen LogP) is 0.896. The van der Waals surface area contributed by atoms with Crippen LogP contribution in [0.2, 0.25) is 0 Å². The molecule has 3 nitrogen and oxygen atoms in total. The molecule has 0 bridgehead atoms. The molecule has 0 aromatic heterocycles. The molecule has 0 aromatic carbocycles. The lowest BCUT2D eigenvalue weighted by atomic mass is 9.70. The minimum atomic E-state index is -0.759. The largest absolute Gasteiger partial charge is 0.377 e. The molecule has 0 radical (unpaired) electrons. The van der Waals surface area contributed by atoms with Gasteiger partial charge in [0.05, 0.1) is 19.3 Å². The first-order valence-corrected chi connectivity index (χ1v) is 4.32. The molecule has 3 heteroatoms. The second-order valence-electron chi connectivity index (χ2n) is 3.68. The maximum Gasteiger partial charge on any atom is 0.162 e. The molecule has 1 aliphatic carbocycles. The van der Waals surface area contributed by atoms with Crippen molar-refractivity contribution >= 4 is 5.78 Å². The molecule has 2 fully saturated rings. The lowest BCUT2D eigenvalue weighted by Gasteiger charge is -2.38. The van der Waals surface area contributed by atoms with Gasteiger partial charge in [0.25, 0.3) is 0 Å². The highest BCUT2D eigenvalue weighted by Crippen LogP contribution is 2.38. The topological polar surface area (TPSA) is 50.1 Å². The van der Waals surface area contributed by atoms with Crippen molar-refractivity contribution < 1.29 is 9.53 Å². The summed E-state index contributed by atoms with van der Waals surface area (Å²) < 4.78 is 4.93. The highest BCUT2D eigenvalue weighted by atomic mass is 16.5. The Hall–Kier alpha value is -0.880. The molecule has 1 aliphatic heterocycles. The molecule has 64 valence electrons. The normalized spacial score (nSPS) is 26.6. The molecule has 2 rings (SSSR count). The van der Waals surface area contributed by atoms with Crippen molar-refractivity contribution in [3.05, 3.63) is 0 Å². The Labute approximate surface area is 71.3 Å². The highest BCUT2D eigenvalue weighted by Gasteiger charge is 2.49. The van der Waals surface area contributed by atoms with Gasteiger partial charge in [-0.05, 0) is 12.8 Å². The van der Waals surface area contributed by atoms with E-state index in [1.165, 1.54) is 0 Å². The van der Waals surface area contributed by atoms with E-state index in [4.69, 9.17) is 10.00 Å². The van der Waals surface area contributed by atoms with Crippen molar-refractivity contribution in [2.24, 2.45) is 11.3 Å². The molecule has 1 saturated carbocycles. The molecule has 0 spiro atoms. The van der Waals surface area contributed by atoms with Crippen LogP contribution in [-0.2, 0) is 9.53 Å². The monoisotopic (exact) mass is 165 g/mol. The van der Waals surface area contributed by atoms with Gasteiger partial charge >= 0.3 is 0 Å². The highest BCUT2D eigenvalue weighted by molar-refractivity contribution is 5.91. The molecule has 1 heterocycles. The van der Waals surface area contributed by atoms with Gasteiger partial charge in [-0.1, -0.05) is 6.42 Å². The molecule has 0 unspecified atom stereocenters. The summed E-state index contributed by atoms with van der Waals surface area (Å²) in [5.41, 5.74) is -0.759. The number of ether oxygens (including phenoxy) is 1. The third-order valence-corrected chi connectivity index (χ3v) is 2.86. The second kappa shape index (κ2) is 2.56. The minimum absolute atomic E-state index is 0.127. The molecular weight excluding hydrogens is 154 g/mol. The third-order valence-electron chi connectivity index (χ3n) is 2.86. The van der Waals surface area contributed by atoms with E-state index in [9.17, 15) is 4.79 Å². The summed E-state index contributed by atoms with van der Waals surface area (Å²) >= 11 is 0. The zero-order chi connectivity index (χ0) is 8.60. The molecule has 12 heavy (non-hydrogen) atoms. The van der Waals surface area contributed by atoms with Crippen molar-refractivity contribution in [2.75, 3.05) is 13.2 Å². The van der Waals surface area contributed by atoms with E-state index in [0.29, 0.717) is 13.2 Å². The lowest BCUT2D eigenvalue weighted by Crippen LogP contribution is -2.51. The number of rotatable bonds is 2. The van der Waals surface area contributed by atoms with Crippen LogP contribution in [0.25, 0.3) is 0 Å². The summed E-state index contributed by atoms with van der Waals surface area (Å²) in [6.07, 6.45) is 3.09. The molecule has 0 amide bonds. The third kappa shape index (κ3) is 0.881. The van der Waals surface area contributed by atoms with E-state index in [-0.39, 0.29) is 11.7 Å². The average Bonchev–Trinajstić information content (AvgIpc) is 1.81. The van der Waals surface area contributed by atoms with Crippen molar-refractivity contribution in [2.45, 2.75) is 19.3 Å². The van der Waals surface area contributed by atoms with Crippen molar-refractivity contribution in [3.8, 4) is 6.07 Å². The van der Waals surface area contributed by atoms with Crippen molar-refractivity contribution in [1.82, 2.24) is 0 Å². The summed E-state index contributed by atoms with van der Waals surface area (Å²) in [5, 5.41) is 8.82. The molecule has 2 aliphatic rings. The van der Waals surface area contributed by atoms with Crippen molar-refractivity contribution in [3.63, 3.8) is 0 Å². The van der Waals surface area contributed by atoms with Crippen LogP contribution in [0.4, 0.5) is 0 Å². The van der Waals surface area contributed by atoms with E-state index in [2.05, 4.69) is 6.07 Å². The smallest absolute Gasteiger partial charge is 0.162 e. The Morgan fingerprint density at radius 3 is 2.42 bits per heavy atom. The molecule has 0 aromatic rings. The van der Waals surface area contributed by atoms with E-state index in [1.807, 2.05) is 0 Å². The summed E-state index contributed by atoms with van der Waals surface area (Å²) in [5.74, 6) is 0.288. The van der Waals surface area contributed by atoms with E-state index >= 15 is 0 Å². The summed E-state index contributed by atoms with van der Waals surface area (Å²) in [6, 6.07) is 2.09. The molecule has 1 saturated heterocycles. The van der Waals surface area contributed by atoms with Gasteiger partial charge in [0, 0.05) is 5.92 Å². The molecular formula is C9H11NO2. The Kier molecular flexibility index (Phi) is 1.66. The minimum Gasteiger partial charge on any atom is -0.377 e. The Balaban J connectivity index is 2.06. The number of ketones is 1. The van der Waals surface area contributed by atoms with E-state index < -0.39 is 5.41 Å². The quantitative estimate of drug-likeness (QED) is 0.610. The number of hydrogen-bond donors (Lipinski definition) is 0. The average molecular weight is 165 g/mol. The maximum atomic E-state index is 11.7. The Morgan fingerprint density at radius 1 is 1.50 bits per heavy atom. The summed E-state index contributed by atoms with van der Waals surface area (Å²) in [7, 11) is 0. The fourth-order valence-corrected chi connectivity index (χ4v) is 1.63. The fourth-order valence-electron chi connectivity index (χ4n) is 1.63. The zero-order valence-electron chi connectivity index (χ0n) is 6.88. The van der Waals surface area contributed by atoms with Gasteiger partial charge in [-0.25, -0.2) is 0 Å². The number of hydrogen-bond acceptors (Lipinski definition) is 3. The summed E-state index contributed by atoms with van der Waals surface area (Å²) in [6.45, 7) is 0.637. The van der Waals surface area contributed by atoms with Crippen LogP contribution in [0.15, 0.2) is 0 Å². The first kappa shape index (κ1) is 7.75. The van der Waals surface area contributed by atoms with E-state index in [0.717, 1.165) is 19.3 Å². The van der Waals surface area contributed by atoms with Gasteiger partial charge in [-0.15, -0.1) is 0 Å². The van der Waals surface area contributed by atoms with E-state index in [1.54, 1.807) is 0 Å². The van der Waals surface area contributed by atoms with Crippen LogP contribution in [-0.4, -0.2) is 19.0 Å².